The van der Waals surface area contributed by atoms with Crippen molar-refractivity contribution in [1.82, 2.24) is 4.72 Å². The first-order valence-corrected chi connectivity index (χ1v) is 13.4. The zero-order valence-electron chi connectivity index (χ0n) is 20.9. The van der Waals surface area contributed by atoms with E-state index >= 15 is 0 Å². The largest absolute Gasteiger partial charge is 0.481 e. The molecular formula is C26H40N3O4S+. The number of aliphatic carboxylic acids is 1. The maximum Gasteiger partial charge on any atom is 0.305 e. The Kier molecular flexibility index (Phi) is 10.5. The number of carbonyl (C=O) groups is 1. The number of carboxylic acid groups (broad SMARTS) is 1. The van der Waals surface area contributed by atoms with Crippen LogP contribution in [0.25, 0.3) is 0 Å². The third-order valence-corrected chi connectivity index (χ3v) is 6.66. The maximum absolute atomic E-state index is 12.6. The van der Waals surface area contributed by atoms with Gasteiger partial charge in [-0.1, -0.05) is 56.2 Å². The third-order valence-electron chi connectivity index (χ3n) is 5.51. The van der Waals surface area contributed by atoms with Crippen LogP contribution in [0.4, 0.5) is 5.69 Å². The fourth-order valence-electron chi connectivity index (χ4n) is 3.90. The van der Waals surface area contributed by atoms with E-state index in [9.17, 15) is 13.2 Å². The molecule has 34 heavy (non-hydrogen) atoms. The molecule has 0 saturated carbocycles. The van der Waals surface area contributed by atoms with Crippen molar-refractivity contribution in [3.63, 3.8) is 0 Å². The van der Waals surface area contributed by atoms with E-state index in [1.807, 2.05) is 33.3 Å². The monoisotopic (exact) mass is 490 g/mol. The number of hydrogen-bond acceptors (Lipinski definition) is 3. The third kappa shape index (κ3) is 11.1. The number of unbranched alkanes of at least 4 members (excludes halogenated alkanes) is 2. The summed E-state index contributed by atoms with van der Waals surface area (Å²) in [6, 6.07) is 15.4. The van der Waals surface area contributed by atoms with Crippen molar-refractivity contribution >= 4 is 21.9 Å². The highest BCUT2D eigenvalue weighted by Gasteiger charge is 2.25. The Bertz CT molecular complexity index is 998. The molecule has 0 saturated heterocycles. The van der Waals surface area contributed by atoms with E-state index in [0.29, 0.717) is 16.7 Å². The fraction of sp³-hybridized carbons (Fsp3) is 0.500. The molecule has 2 aromatic carbocycles. The first-order valence-electron chi connectivity index (χ1n) is 11.9. The molecule has 7 nitrogen and oxygen atoms in total. The van der Waals surface area contributed by atoms with Crippen molar-refractivity contribution in [2.24, 2.45) is 0 Å². The highest BCUT2D eigenvalue weighted by molar-refractivity contribution is 7.90. The summed E-state index contributed by atoms with van der Waals surface area (Å²) in [5.74, 6) is -1.04. The van der Waals surface area contributed by atoms with Crippen molar-refractivity contribution in [2.45, 2.75) is 57.9 Å². The van der Waals surface area contributed by atoms with Crippen LogP contribution < -0.4 is 9.44 Å². The lowest BCUT2D eigenvalue weighted by Crippen LogP contribution is -2.50. The predicted octanol–water partition coefficient (Wildman–Crippen LogP) is 4.00. The van der Waals surface area contributed by atoms with Gasteiger partial charge in [0.25, 0.3) is 10.2 Å². The van der Waals surface area contributed by atoms with E-state index < -0.39 is 22.2 Å². The molecule has 0 aromatic heterocycles. The SMILES string of the molecule is CCCCCc1ccc(CCc2ccc(NS(=O)(=O)N[C@H](CC(=O)O)C[N+](C)(C)C)cc2)cc1. The van der Waals surface area contributed by atoms with E-state index in [4.69, 9.17) is 5.11 Å². The number of nitrogens with one attached hydrogen (secondary N) is 2. The lowest BCUT2D eigenvalue weighted by Gasteiger charge is -2.29. The topological polar surface area (TPSA) is 95.5 Å². The predicted molar refractivity (Wildman–Crippen MR) is 138 cm³/mol. The van der Waals surface area contributed by atoms with Crippen LogP contribution in [0.3, 0.4) is 0 Å². The minimum absolute atomic E-state index is 0.283. The average molecular weight is 491 g/mol. The summed E-state index contributed by atoms with van der Waals surface area (Å²) in [7, 11) is 1.75. The number of benzene rings is 2. The number of hydrogen-bond donors (Lipinski definition) is 3. The highest BCUT2D eigenvalue weighted by Crippen LogP contribution is 2.15. The van der Waals surface area contributed by atoms with Crippen LogP contribution in [0.15, 0.2) is 48.5 Å². The van der Waals surface area contributed by atoms with Crippen LogP contribution in [0.1, 0.15) is 49.3 Å². The average Bonchev–Trinajstić information content (AvgIpc) is 2.72. The highest BCUT2D eigenvalue weighted by atomic mass is 32.2. The minimum atomic E-state index is -3.91. The Morgan fingerprint density at radius 3 is 1.85 bits per heavy atom. The van der Waals surface area contributed by atoms with Gasteiger partial charge in [0.05, 0.1) is 40.2 Å². The molecule has 188 valence electrons. The Balaban J connectivity index is 1.90. The van der Waals surface area contributed by atoms with Crippen LogP contribution in [-0.2, 0) is 34.3 Å². The molecule has 2 rings (SSSR count). The summed E-state index contributed by atoms with van der Waals surface area (Å²) in [5.41, 5.74) is 4.23. The Hall–Kier alpha value is -2.42. The Morgan fingerprint density at radius 1 is 0.882 bits per heavy atom. The van der Waals surface area contributed by atoms with Crippen LogP contribution in [-0.4, -0.2) is 57.7 Å². The van der Waals surface area contributed by atoms with Crippen LogP contribution >= 0.6 is 0 Å². The van der Waals surface area contributed by atoms with Crippen LogP contribution in [0.5, 0.6) is 0 Å². The molecule has 8 heteroatoms. The van der Waals surface area contributed by atoms with Gasteiger partial charge < -0.3 is 9.59 Å². The first kappa shape index (κ1) is 27.8. The van der Waals surface area contributed by atoms with Gasteiger partial charge in [0.1, 0.15) is 0 Å². The summed E-state index contributed by atoms with van der Waals surface area (Å²) in [6.07, 6.45) is 6.37. The van der Waals surface area contributed by atoms with E-state index in [1.165, 1.54) is 30.4 Å². The van der Waals surface area contributed by atoms with Crippen LogP contribution in [0.2, 0.25) is 0 Å². The smallest absolute Gasteiger partial charge is 0.305 e. The molecule has 0 aliphatic heterocycles. The molecule has 3 N–H and O–H groups in total. The number of rotatable bonds is 15. The number of likely N-dealkylation sites (N-methyl/N-ethyl adjacent to an activating group) is 1. The minimum Gasteiger partial charge on any atom is -0.481 e. The number of nitrogens with zero attached hydrogens (tertiary/aromatic N) is 1. The van der Waals surface area contributed by atoms with E-state index in [2.05, 4.69) is 40.6 Å². The molecule has 0 spiro atoms. The molecule has 0 fully saturated rings. The summed E-state index contributed by atoms with van der Waals surface area (Å²) < 4.78 is 30.5. The number of anilines is 1. The Labute approximate surface area is 205 Å². The normalized spacial score (nSPS) is 12.9. The van der Waals surface area contributed by atoms with Crippen molar-refractivity contribution in [3.8, 4) is 0 Å². The molecule has 0 amide bonds. The number of aryl methyl sites for hydroxylation is 3. The quantitative estimate of drug-likeness (QED) is 0.260. The second-order valence-electron chi connectivity index (χ2n) is 9.96. The maximum atomic E-state index is 12.6. The van der Waals surface area contributed by atoms with Crippen molar-refractivity contribution in [2.75, 3.05) is 32.4 Å². The van der Waals surface area contributed by atoms with Crippen molar-refractivity contribution in [1.29, 1.82) is 0 Å². The molecule has 0 unspecified atom stereocenters. The van der Waals surface area contributed by atoms with Gasteiger partial charge in [-0.15, -0.1) is 0 Å². The summed E-state index contributed by atoms with van der Waals surface area (Å²) in [4.78, 5) is 11.1. The Morgan fingerprint density at radius 2 is 1.38 bits per heavy atom. The summed E-state index contributed by atoms with van der Waals surface area (Å²) >= 11 is 0. The zero-order valence-corrected chi connectivity index (χ0v) is 21.7. The number of quaternary nitrogens is 1. The molecule has 0 bridgehead atoms. The van der Waals surface area contributed by atoms with Gasteiger partial charge >= 0.3 is 5.97 Å². The van der Waals surface area contributed by atoms with Gasteiger partial charge in [0.15, 0.2) is 0 Å². The van der Waals surface area contributed by atoms with Gasteiger partial charge in [-0.2, -0.15) is 13.1 Å². The molecule has 0 aliphatic carbocycles. The van der Waals surface area contributed by atoms with Gasteiger partial charge in [-0.25, -0.2) is 0 Å². The first-order chi connectivity index (χ1) is 16.0. The van der Waals surface area contributed by atoms with E-state index in [-0.39, 0.29) is 6.42 Å². The summed E-state index contributed by atoms with van der Waals surface area (Å²) in [6.45, 7) is 2.57. The fourth-order valence-corrected chi connectivity index (χ4v) is 5.00. The second-order valence-corrected chi connectivity index (χ2v) is 11.4. The van der Waals surface area contributed by atoms with E-state index in [1.54, 1.807) is 12.1 Å². The molecule has 1 atom stereocenters. The van der Waals surface area contributed by atoms with Crippen molar-refractivity contribution in [3.05, 3.63) is 65.2 Å². The van der Waals surface area contributed by atoms with Gasteiger partial charge in [-0.3, -0.25) is 9.52 Å². The lowest BCUT2D eigenvalue weighted by molar-refractivity contribution is -0.871. The van der Waals surface area contributed by atoms with Crippen LogP contribution in [0, 0.1) is 0 Å². The number of carboxylic acids is 1. The second kappa shape index (κ2) is 12.9. The molecule has 0 radical (unpaired) electrons. The zero-order chi connectivity index (χ0) is 25.2. The van der Waals surface area contributed by atoms with Gasteiger partial charge in [-0.05, 0) is 54.5 Å². The molecule has 2 aromatic rings. The molecule has 0 heterocycles. The van der Waals surface area contributed by atoms with E-state index in [0.717, 1.165) is 24.8 Å². The lowest BCUT2D eigenvalue weighted by atomic mass is 10.0. The standard InChI is InChI=1S/C26H39N3O4S/c1-5-6-7-8-21-9-11-22(12-10-21)13-14-23-15-17-24(18-16-23)27-34(32,33)28-25(19-26(30)31)20-29(2,3)4/h9-12,15-18,25,27-28H,5-8,13-14,19-20H2,1-4H3/p+1/t25-/m1/s1. The molecule has 0 aliphatic rings. The summed E-state index contributed by atoms with van der Waals surface area (Å²) in [5, 5.41) is 9.13. The van der Waals surface area contributed by atoms with Gasteiger partial charge in [0.2, 0.25) is 0 Å². The van der Waals surface area contributed by atoms with Gasteiger partial charge in [0, 0.05) is 5.69 Å². The molecular weight excluding hydrogens is 450 g/mol. The van der Waals surface area contributed by atoms with Crippen molar-refractivity contribution < 1.29 is 22.8 Å².